The van der Waals surface area contributed by atoms with Gasteiger partial charge in [-0.3, -0.25) is 19.4 Å². The molecule has 0 saturated carbocycles. The van der Waals surface area contributed by atoms with Crippen LogP contribution in [0.25, 0.3) is 0 Å². The van der Waals surface area contributed by atoms with Crippen molar-refractivity contribution in [3.63, 3.8) is 0 Å². The highest BCUT2D eigenvalue weighted by molar-refractivity contribution is 7.98. The van der Waals surface area contributed by atoms with Gasteiger partial charge in [-0.2, -0.15) is 24.4 Å². The molecule has 0 heterocycles. The Balaban J connectivity index is 2.96. The number of guanidine groups is 1. The number of benzene rings is 1. The van der Waals surface area contributed by atoms with Crippen LogP contribution in [0, 0.1) is 0 Å². The summed E-state index contributed by atoms with van der Waals surface area (Å²) >= 11 is 5.71. The number of thiol groups is 1. The largest absolute Gasteiger partial charge is 0.480 e. The molecule has 0 aliphatic carbocycles. The molecule has 0 aliphatic rings. The zero-order valence-corrected chi connectivity index (χ0v) is 22.5. The first-order valence-corrected chi connectivity index (χ1v) is 13.7. The Kier molecular flexibility index (Phi) is 15.1. The first-order valence-electron chi connectivity index (χ1n) is 11.7. The third-order valence-electron chi connectivity index (χ3n) is 5.26. The van der Waals surface area contributed by atoms with Crippen molar-refractivity contribution in [1.82, 2.24) is 16.0 Å². The average Bonchev–Trinajstić information content (AvgIpc) is 2.86. The number of carbonyl (C=O) groups is 4. The summed E-state index contributed by atoms with van der Waals surface area (Å²) < 4.78 is 0. The number of amides is 3. The number of aliphatic carboxylic acids is 1. The molecule has 0 fully saturated rings. The molecule has 0 bridgehead atoms. The molecule has 37 heavy (non-hydrogen) atoms. The van der Waals surface area contributed by atoms with E-state index in [4.69, 9.17) is 17.2 Å². The van der Waals surface area contributed by atoms with Gasteiger partial charge in [0.25, 0.3) is 0 Å². The summed E-state index contributed by atoms with van der Waals surface area (Å²) in [6, 6.07) is 4.76. The number of hydrogen-bond donors (Lipinski definition) is 8. The van der Waals surface area contributed by atoms with Crippen molar-refractivity contribution < 1.29 is 24.3 Å². The number of hydrogen-bond acceptors (Lipinski definition) is 8. The Labute approximate surface area is 226 Å². The highest BCUT2D eigenvalue weighted by atomic mass is 32.2. The maximum absolute atomic E-state index is 13.1. The van der Waals surface area contributed by atoms with Crippen LogP contribution < -0.4 is 33.2 Å². The Bertz CT molecular complexity index is 916. The molecule has 206 valence electrons. The lowest BCUT2D eigenvalue weighted by Gasteiger charge is -2.24. The number of nitrogens with two attached hydrogens (primary N) is 3. The second-order valence-electron chi connectivity index (χ2n) is 8.23. The van der Waals surface area contributed by atoms with Crippen molar-refractivity contribution in [2.24, 2.45) is 22.2 Å². The second-order valence-corrected chi connectivity index (χ2v) is 9.58. The van der Waals surface area contributed by atoms with Gasteiger partial charge in [-0.15, -0.1) is 0 Å². The number of carboxylic acids is 1. The molecule has 0 spiro atoms. The van der Waals surface area contributed by atoms with Crippen LogP contribution >= 0.6 is 24.4 Å². The molecule has 0 aromatic heterocycles. The molecule has 14 heteroatoms. The number of thioether (sulfide) groups is 1. The van der Waals surface area contributed by atoms with Crippen LogP contribution in [0.4, 0.5) is 0 Å². The molecule has 1 rings (SSSR count). The lowest BCUT2D eigenvalue weighted by molar-refractivity contribution is -0.142. The lowest BCUT2D eigenvalue weighted by atomic mass is 10.0. The SMILES string of the molecule is CSCCC(N)C(=O)NC(CS)C(=O)NC(Cc1ccccc1)C(=O)NC(CCCN=C(N)N)C(=O)O. The third-order valence-corrected chi connectivity index (χ3v) is 6.27. The topological polar surface area (TPSA) is 215 Å². The van der Waals surface area contributed by atoms with Gasteiger partial charge in [0.05, 0.1) is 6.04 Å². The van der Waals surface area contributed by atoms with Crippen LogP contribution in [-0.2, 0) is 25.6 Å². The Morgan fingerprint density at radius 1 is 0.973 bits per heavy atom. The molecule has 12 nitrogen and oxygen atoms in total. The van der Waals surface area contributed by atoms with Crippen molar-refractivity contribution in [2.75, 3.05) is 24.3 Å². The predicted molar refractivity (Wildman–Crippen MR) is 148 cm³/mol. The van der Waals surface area contributed by atoms with Crippen molar-refractivity contribution in [3.8, 4) is 0 Å². The fourth-order valence-electron chi connectivity index (χ4n) is 3.21. The quantitative estimate of drug-likeness (QED) is 0.0502. The number of nitrogens with one attached hydrogen (secondary N) is 3. The van der Waals surface area contributed by atoms with Gasteiger partial charge in [-0.25, -0.2) is 4.79 Å². The minimum Gasteiger partial charge on any atom is -0.480 e. The van der Waals surface area contributed by atoms with E-state index in [1.807, 2.05) is 6.26 Å². The first kappa shape index (κ1) is 32.1. The van der Waals surface area contributed by atoms with Gasteiger partial charge < -0.3 is 38.3 Å². The van der Waals surface area contributed by atoms with Gasteiger partial charge in [0.15, 0.2) is 5.96 Å². The first-order chi connectivity index (χ1) is 17.6. The number of rotatable bonds is 17. The van der Waals surface area contributed by atoms with Crippen LogP contribution in [0.3, 0.4) is 0 Å². The molecule has 0 saturated heterocycles. The van der Waals surface area contributed by atoms with Crippen LogP contribution in [0.1, 0.15) is 24.8 Å². The molecule has 1 aromatic carbocycles. The highest BCUT2D eigenvalue weighted by Gasteiger charge is 2.30. The number of carboxylic acid groups (broad SMARTS) is 1. The predicted octanol–water partition coefficient (Wildman–Crippen LogP) is -1.17. The molecule has 4 atom stereocenters. The number of nitrogens with zero attached hydrogens (tertiary/aromatic N) is 1. The van der Waals surface area contributed by atoms with E-state index in [-0.39, 0.29) is 31.1 Å². The van der Waals surface area contributed by atoms with E-state index >= 15 is 0 Å². The minimum atomic E-state index is -1.23. The van der Waals surface area contributed by atoms with Crippen molar-refractivity contribution >= 4 is 54.0 Å². The zero-order chi connectivity index (χ0) is 27.8. The average molecular weight is 556 g/mol. The van der Waals surface area contributed by atoms with Crippen molar-refractivity contribution in [1.29, 1.82) is 0 Å². The van der Waals surface area contributed by atoms with E-state index in [1.54, 1.807) is 42.1 Å². The van der Waals surface area contributed by atoms with E-state index in [1.165, 1.54) is 0 Å². The molecule has 1 aromatic rings. The summed E-state index contributed by atoms with van der Waals surface area (Å²) in [4.78, 5) is 54.0. The minimum absolute atomic E-state index is 0.0327. The summed E-state index contributed by atoms with van der Waals surface area (Å²) in [5, 5.41) is 17.2. The van der Waals surface area contributed by atoms with Crippen LogP contribution in [-0.4, -0.2) is 83.2 Å². The fraction of sp³-hybridized carbons (Fsp3) is 0.522. The van der Waals surface area contributed by atoms with E-state index in [2.05, 4.69) is 33.6 Å². The maximum atomic E-state index is 13.1. The lowest BCUT2D eigenvalue weighted by Crippen LogP contribution is -2.58. The van der Waals surface area contributed by atoms with Gasteiger partial charge in [0, 0.05) is 18.7 Å². The smallest absolute Gasteiger partial charge is 0.326 e. The van der Waals surface area contributed by atoms with Gasteiger partial charge in [0.1, 0.15) is 18.1 Å². The van der Waals surface area contributed by atoms with Gasteiger partial charge in [0.2, 0.25) is 17.7 Å². The standard InChI is InChI=1S/C23H37N7O5S2/c1-37-11-9-15(24)19(31)30-18(13-36)21(33)29-17(12-14-6-3-2-4-7-14)20(32)28-16(22(34)35)8-5-10-27-23(25)26/h2-4,6-7,15-18,36H,5,8-13,24H2,1H3,(H,28,32)(H,29,33)(H,30,31)(H,34,35)(H4,25,26,27). The second kappa shape index (κ2) is 17.5. The third kappa shape index (κ3) is 12.7. The van der Waals surface area contributed by atoms with Crippen LogP contribution in [0.2, 0.25) is 0 Å². The van der Waals surface area contributed by atoms with E-state index in [0.29, 0.717) is 18.6 Å². The molecule has 10 N–H and O–H groups in total. The fourth-order valence-corrected chi connectivity index (χ4v) is 3.96. The molecular weight excluding hydrogens is 518 g/mol. The molecule has 4 unspecified atom stereocenters. The molecule has 0 aliphatic heterocycles. The maximum Gasteiger partial charge on any atom is 0.326 e. The normalized spacial score (nSPS) is 13.9. The Morgan fingerprint density at radius 2 is 1.57 bits per heavy atom. The summed E-state index contributed by atoms with van der Waals surface area (Å²) in [5.74, 6) is -2.53. The van der Waals surface area contributed by atoms with E-state index < -0.39 is 47.9 Å². The van der Waals surface area contributed by atoms with Gasteiger partial charge >= 0.3 is 5.97 Å². The van der Waals surface area contributed by atoms with Crippen LogP contribution in [0.15, 0.2) is 35.3 Å². The van der Waals surface area contributed by atoms with Gasteiger partial charge in [-0.1, -0.05) is 30.3 Å². The molecule has 0 radical (unpaired) electrons. The summed E-state index contributed by atoms with van der Waals surface area (Å²) in [5.41, 5.74) is 17.2. The van der Waals surface area contributed by atoms with Crippen molar-refractivity contribution in [2.45, 2.75) is 49.9 Å². The zero-order valence-electron chi connectivity index (χ0n) is 20.8. The summed E-state index contributed by atoms with van der Waals surface area (Å²) in [7, 11) is 0. The van der Waals surface area contributed by atoms with Crippen molar-refractivity contribution in [3.05, 3.63) is 35.9 Å². The van der Waals surface area contributed by atoms with E-state index in [0.717, 1.165) is 5.56 Å². The summed E-state index contributed by atoms with van der Waals surface area (Å²) in [6.45, 7) is 0.203. The summed E-state index contributed by atoms with van der Waals surface area (Å²) in [6.07, 6.45) is 2.82. The monoisotopic (exact) mass is 555 g/mol. The van der Waals surface area contributed by atoms with Crippen LogP contribution in [0.5, 0.6) is 0 Å². The van der Waals surface area contributed by atoms with Gasteiger partial charge in [-0.05, 0) is 36.8 Å². The Morgan fingerprint density at radius 3 is 2.14 bits per heavy atom. The number of carbonyl (C=O) groups excluding carboxylic acids is 3. The Hall–Kier alpha value is -2.97. The van der Waals surface area contributed by atoms with E-state index in [9.17, 15) is 24.3 Å². The molecule has 3 amide bonds. The number of aliphatic imine (C=N–C) groups is 1. The molecular formula is C23H37N7O5S2. The highest BCUT2D eigenvalue weighted by Crippen LogP contribution is 2.07.